The average molecular weight is 397 g/mol. The molecule has 28 heavy (non-hydrogen) atoms. The van der Waals surface area contributed by atoms with Crippen molar-refractivity contribution in [1.82, 2.24) is 10.3 Å². The van der Waals surface area contributed by atoms with Crippen molar-refractivity contribution >= 4 is 28.4 Å². The summed E-state index contributed by atoms with van der Waals surface area (Å²) < 4.78 is 10.9. The Bertz CT molecular complexity index is 1080. The molecule has 5 rings (SSSR count). The average Bonchev–Trinajstić information content (AvgIpc) is 3.12. The van der Waals surface area contributed by atoms with Gasteiger partial charge in [0, 0.05) is 21.5 Å². The first-order chi connectivity index (χ1) is 13.4. The second-order valence-electron chi connectivity index (χ2n) is 8.23. The number of hydrogen-bond acceptors (Lipinski definition) is 3. The topological polar surface area (TPSA) is 63.4 Å². The molecule has 0 bridgehead atoms. The number of carbonyl (C=O) groups excluding carboxylic acids is 1. The maximum atomic E-state index is 13.0. The van der Waals surface area contributed by atoms with E-state index >= 15 is 0 Å². The molecule has 1 atom stereocenters. The van der Waals surface area contributed by atoms with Crippen LogP contribution in [0.2, 0.25) is 5.02 Å². The maximum Gasteiger partial charge on any atom is 0.268 e. The molecule has 1 aliphatic heterocycles. The van der Waals surface area contributed by atoms with Gasteiger partial charge in [0.2, 0.25) is 0 Å². The number of rotatable bonds is 3. The predicted octanol–water partition coefficient (Wildman–Crippen LogP) is 4.88. The number of aromatic amines is 1. The smallest absolute Gasteiger partial charge is 0.268 e. The fourth-order valence-electron chi connectivity index (χ4n) is 4.24. The van der Waals surface area contributed by atoms with Crippen LogP contribution in [0.3, 0.4) is 0 Å². The van der Waals surface area contributed by atoms with Gasteiger partial charge in [-0.3, -0.25) is 4.79 Å². The summed E-state index contributed by atoms with van der Waals surface area (Å²) in [5.41, 5.74) is 4.71. The first-order valence-corrected chi connectivity index (χ1v) is 9.74. The summed E-state index contributed by atoms with van der Waals surface area (Å²) in [7, 11) is 0. The van der Waals surface area contributed by atoms with Crippen molar-refractivity contribution in [1.29, 1.82) is 0 Å². The molecular formula is C22H21ClN2O3. The molecule has 1 fully saturated rings. The lowest BCUT2D eigenvalue weighted by molar-refractivity contribution is -0.326. The molecule has 2 aromatic carbocycles. The Morgan fingerprint density at radius 1 is 1.18 bits per heavy atom. The highest BCUT2D eigenvalue weighted by atomic mass is 35.5. The Morgan fingerprint density at radius 2 is 2.00 bits per heavy atom. The predicted molar refractivity (Wildman–Crippen MR) is 107 cm³/mol. The normalized spacial score (nSPS) is 20.8. The van der Waals surface area contributed by atoms with Crippen molar-refractivity contribution in [2.75, 3.05) is 6.79 Å². The van der Waals surface area contributed by atoms with Gasteiger partial charge in [-0.2, -0.15) is 0 Å². The third-order valence-corrected chi connectivity index (χ3v) is 5.96. The fourth-order valence-corrected chi connectivity index (χ4v) is 4.42. The van der Waals surface area contributed by atoms with Crippen molar-refractivity contribution in [3.05, 3.63) is 69.9 Å². The monoisotopic (exact) mass is 396 g/mol. The molecular weight excluding hydrogens is 376 g/mol. The van der Waals surface area contributed by atoms with Gasteiger partial charge in [-0.25, -0.2) is 0 Å². The number of H-pyrrole nitrogens is 1. The zero-order valence-electron chi connectivity index (χ0n) is 15.7. The molecule has 1 saturated heterocycles. The number of aromatic nitrogens is 1. The summed E-state index contributed by atoms with van der Waals surface area (Å²) in [6.07, 6.45) is 0.603. The minimum absolute atomic E-state index is 0.0900. The van der Waals surface area contributed by atoms with Crippen molar-refractivity contribution in [3.63, 3.8) is 0 Å². The van der Waals surface area contributed by atoms with E-state index in [2.05, 4.69) is 36.3 Å². The molecule has 5 nitrogen and oxygen atoms in total. The first kappa shape index (κ1) is 17.7. The van der Waals surface area contributed by atoms with E-state index in [1.807, 2.05) is 30.3 Å². The van der Waals surface area contributed by atoms with Gasteiger partial charge in [-0.15, -0.1) is 0 Å². The Hall–Kier alpha value is -2.34. The summed E-state index contributed by atoms with van der Waals surface area (Å²) in [4.78, 5) is 16.2. The zero-order chi connectivity index (χ0) is 19.5. The third-order valence-electron chi connectivity index (χ3n) is 5.72. The minimum atomic E-state index is -0.302. The van der Waals surface area contributed by atoms with E-state index in [4.69, 9.17) is 21.1 Å². The molecule has 0 spiro atoms. The number of ether oxygens (including phenoxy) is 2. The molecule has 3 aromatic rings. The lowest BCUT2D eigenvalue weighted by Crippen LogP contribution is -2.35. The number of carbonyl (C=O) groups is 1. The van der Waals surface area contributed by atoms with E-state index in [0.29, 0.717) is 17.5 Å². The van der Waals surface area contributed by atoms with Crippen LogP contribution in [0.25, 0.3) is 10.9 Å². The van der Waals surface area contributed by atoms with Crippen LogP contribution in [0.15, 0.2) is 42.5 Å². The molecule has 144 valence electrons. The second-order valence-corrected chi connectivity index (χ2v) is 8.66. The van der Waals surface area contributed by atoms with Gasteiger partial charge in [0.1, 0.15) is 5.69 Å². The number of halogens is 1. The molecule has 6 heteroatoms. The molecule has 0 unspecified atom stereocenters. The maximum absolute atomic E-state index is 13.0. The van der Waals surface area contributed by atoms with Gasteiger partial charge in [-0.05, 0) is 53.3 Å². The molecule has 2 aliphatic rings. The number of nitrogens with one attached hydrogen (secondary N) is 2. The molecule has 2 N–H and O–H groups in total. The second kappa shape index (κ2) is 6.34. The van der Waals surface area contributed by atoms with E-state index in [1.54, 1.807) is 0 Å². The Balaban J connectivity index is 1.45. The number of fused-ring (bicyclic) bond motifs is 2. The highest BCUT2D eigenvalue weighted by molar-refractivity contribution is 6.31. The molecule has 0 radical (unpaired) electrons. The van der Waals surface area contributed by atoms with Crippen LogP contribution < -0.4 is 5.32 Å². The fraction of sp³-hybridized carbons (Fsp3) is 0.318. The SMILES string of the molecule is CC1(C)Cc2ccc(C3OCO3)cc2[C@@H]1NC(=O)c1cc2cc(Cl)ccc2[nH]1. The summed E-state index contributed by atoms with van der Waals surface area (Å²) in [6, 6.07) is 13.6. The van der Waals surface area contributed by atoms with E-state index in [0.717, 1.165) is 28.5 Å². The minimum Gasteiger partial charge on any atom is -0.351 e. The number of amides is 1. The highest BCUT2D eigenvalue weighted by Crippen LogP contribution is 2.46. The van der Waals surface area contributed by atoms with Crippen molar-refractivity contribution in [3.8, 4) is 0 Å². The van der Waals surface area contributed by atoms with Gasteiger partial charge in [0.15, 0.2) is 13.1 Å². The van der Waals surface area contributed by atoms with E-state index in [9.17, 15) is 4.79 Å². The van der Waals surface area contributed by atoms with Crippen LogP contribution in [-0.4, -0.2) is 17.7 Å². The molecule has 1 aliphatic carbocycles. The Morgan fingerprint density at radius 3 is 2.75 bits per heavy atom. The van der Waals surface area contributed by atoms with Crippen molar-refractivity contribution in [2.24, 2.45) is 5.41 Å². The molecule has 0 saturated carbocycles. The van der Waals surface area contributed by atoms with Gasteiger partial charge < -0.3 is 19.8 Å². The van der Waals surface area contributed by atoms with Crippen molar-refractivity contribution in [2.45, 2.75) is 32.6 Å². The van der Waals surface area contributed by atoms with Crippen LogP contribution in [-0.2, 0) is 15.9 Å². The first-order valence-electron chi connectivity index (χ1n) is 9.36. The summed E-state index contributed by atoms with van der Waals surface area (Å²) in [5.74, 6) is -0.125. The van der Waals surface area contributed by atoms with Crippen LogP contribution in [0, 0.1) is 5.41 Å². The van der Waals surface area contributed by atoms with Gasteiger partial charge in [0.25, 0.3) is 5.91 Å². The van der Waals surface area contributed by atoms with Crippen LogP contribution in [0.1, 0.15) is 53.4 Å². The van der Waals surface area contributed by atoms with E-state index in [-0.39, 0.29) is 23.7 Å². The van der Waals surface area contributed by atoms with E-state index in [1.165, 1.54) is 5.56 Å². The standard InChI is InChI=1S/C22H21ClN2O3/c1-22(2)10-13-4-3-12(21-27-11-28-21)8-16(13)19(22)25-20(26)18-9-14-7-15(23)5-6-17(14)24-18/h3-9,19,21,24H,10-11H2,1-2H3,(H,25,26)/t19-/m0/s1. The third kappa shape index (κ3) is 2.91. The summed E-state index contributed by atoms with van der Waals surface area (Å²) in [5, 5.41) is 4.81. The zero-order valence-corrected chi connectivity index (χ0v) is 16.5. The number of hydrogen-bond donors (Lipinski definition) is 2. The van der Waals surface area contributed by atoms with Crippen molar-refractivity contribution < 1.29 is 14.3 Å². The van der Waals surface area contributed by atoms with Crippen LogP contribution >= 0.6 is 11.6 Å². The highest BCUT2D eigenvalue weighted by Gasteiger charge is 2.40. The summed E-state index contributed by atoms with van der Waals surface area (Å²) in [6.45, 7) is 4.69. The van der Waals surface area contributed by atoms with Crippen LogP contribution in [0.4, 0.5) is 0 Å². The van der Waals surface area contributed by atoms with Gasteiger partial charge in [-0.1, -0.05) is 37.6 Å². The van der Waals surface area contributed by atoms with E-state index < -0.39 is 0 Å². The Labute approximate surface area is 168 Å². The Kier molecular flexibility index (Phi) is 4.02. The lowest BCUT2D eigenvalue weighted by Gasteiger charge is -2.30. The largest absolute Gasteiger partial charge is 0.351 e. The number of benzene rings is 2. The quantitative estimate of drug-likeness (QED) is 0.663. The van der Waals surface area contributed by atoms with Crippen LogP contribution in [0.5, 0.6) is 0 Å². The van der Waals surface area contributed by atoms with Gasteiger partial charge in [0.05, 0.1) is 6.04 Å². The molecule has 2 heterocycles. The van der Waals surface area contributed by atoms with Gasteiger partial charge >= 0.3 is 0 Å². The molecule has 1 amide bonds. The molecule has 1 aromatic heterocycles. The lowest BCUT2D eigenvalue weighted by atomic mass is 9.85. The summed E-state index contributed by atoms with van der Waals surface area (Å²) >= 11 is 6.06.